The van der Waals surface area contributed by atoms with Crippen molar-refractivity contribution in [1.29, 1.82) is 0 Å². The zero-order valence-electron chi connectivity index (χ0n) is 15.2. The van der Waals surface area contributed by atoms with Crippen LogP contribution < -0.4 is 10.6 Å². The van der Waals surface area contributed by atoms with Gasteiger partial charge >= 0.3 is 6.09 Å². The summed E-state index contributed by atoms with van der Waals surface area (Å²) in [5.74, 6) is 1.28. The third-order valence-corrected chi connectivity index (χ3v) is 4.84. The Morgan fingerprint density at radius 1 is 1.33 bits per heavy atom. The zero-order valence-corrected chi connectivity index (χ0v) is 16.8. The third-order valence-electron chi connectivity index (χ3n) is 4.26. The molecule has 0 atom stereocenters. The second-order valence-corrected chi connectivity index (χ2v) is 7.02. The van der Waals surface area contributed by atoms with E-state index in [9.17, 15) is 4.79 Å². The van der Waals surface area contributed by atoms with Crippen molar-refractivity contribution in [1.82, 2.24) is 19.9 Å². The van der Waals surface area contributed by atoms with E-state index >= 15 is 0 Å². The van der Waals surface area contributed by atoms with Crippen molar-refractivity contribution in [2.45, 2.75) is 32.4 Å². The molecule has 1 aliphatic heterocycles. The van der Waals surface area contributed by atoms with Gasteiger partial charge in [-0.15, -0.1) is 0 Å². The molecule has 0 aromatic carbocycles. The maximum Gasteiger partial charge on any atom is 0.409 e. The number of piperidine rings is 1. The molecule has 3 heterocycles. The molecular weight excluding hydrogens is 412 g/mol. The molecule has 8 nitrogen and oxygen atoms in total. The molecule has 1 aliphatic rings. The summed E-state index contributed by atoms with van der Waals surface area (Å²) in [7, 11) is 0. The third kappa shape index (κ3) is 5.53. The molecule has 3 rings (SSSR count). The number of hydrogen-bond donors (Lipinski definition) is 2. The number of pyridine rings is 1. The van der Waals surface area contributed by atoms with Gasteiger partial charge in [0.15, 0.2) is 0 Å². The molecule has 2 N–H and O–H groups in total. The van der Waals surface area contributed by atoms with Gasteiger partial charge in [-0.25, -0.2) is 9.78 Å². The number of aromatic nitrogens is 3. The number of rotatable bonds is 6. The predicted octanol–water partition coefficient (Wildman–Crippen LogP) is 3.28. The van der Waals surface area contributed by atoms with E-state index in [2.05, 4.69) is 41.5 Å². The molecule has 2 aromatic rings. The SMILES string of the molecule is CCOC(=O)N1CCC(Nc2nc(NCc3ccccn3)ncc2Br)CC1. The van der Waals surface area contributed by atoms with Crippen LogP contribution in [0.2, 0.25) is 0 Å². The summed E-state index contributed by atoms with van der Waals surface area (Å²) in [6.45, 7) is 4.12. The summed E-state index contributed by atoms with van der Waals surface area (Å²) >= 11 is 3.50. The van der Waals surface area contributed by atoms with Crippen LogP contribution in [0.15, 0.2) is 35.1 Å². The molecule has 0 radical (unpaired) electrons. The Bertz CT molecular complexity index is 753. The standard InChI is InChI=1S/C18H23BrN6O2/c1-2-27-18(26)25-9-6-13(7-10-25)23-16-15(19)12-22-17(24-16)21-11-14-5-3-4-8-20-14/h3-5,8,12-13H,2,6-7,9-11H2,1H3,(H2,21,22,23,24). The van der Waals surface area contributed by atoms with Gasteiger partial charge in [-0.05, 0) is 47.8 Å². The number of likely N-dealkylation sites (tertiary alicyclic amines) is 1. The first-order valence-electron chi connectivity index (χ1n) is 9.00. The Balaban J connectivity index is 1.55. The van der Waals surface area contributed by atoms with Gasteiger partial charge < -0.3 is 20.3 Å². The van der Waals surface area contributed by atoms with Crippen LogP contribution in [0.3, 0.4) is 0 Å². The average Bonchev–Trinajstić information content (AvgIpc) is 2.70. The van der Waals surface area contributed by atoms with Gasteiger partial charge in [0.1, 0.15) is 5.82 Å². The topological polar surface area (TPSA) is 92.3 Å². The molecule has 27 heavy (non-hydrogen) atoms. The molecule has 0 unspecified atom stereocenters. The lowest BCUT2D eigenvalue weighted by atomic mass is 10.1. The first-order chi connectivity index (χ1) is 13.2. The first kappa shape index (κ1) is 19.3. The monoisotopic (exact) mass is 434 g/mol. The molecule has 2 aromatic heterocycles. The highest BCUT2D eigenvalue weighted by atomic mass is 79.9. The van der Waals surface area contributed by atoms with E-state index in [1.807, 2.05) is 25.1 Å². The van der Waals surface area contributed by atoms with Crippen LogP contribution in [0.1, 0.15) is 25.5 Å². The number of carbonyl (C=O) groups excluding carboxylic acids is 1. The maximum atomic E-state index is 11.8. The van der Waals surface area contributed by atoms with E-state index in [0.29, 0.717) is 32.2 Å². The van der Waals surface area contributed by atoms with Crippen molar-refractivity contribution >= 4 is 33.8 Å². The number of halogens is 1. The second kappa shape index (κ2) is 9.50. The Morgan fingerprint density at radius 2 is 2.15 bits per heavy atom. The van der Waals surface area contributed by atoms with Crippen LogP contribution in [0.5, 0.6) is 0 Å². The Kier molecular flexibility index (Phi) is 6.80. The number of ether oxygens (including phenoxy) is 1. The van der Waals surface area contributed by atoms with Crippen LogP contribution in [0.25, 0.3) is 0 Å². The van der Waals surface area contributed by atoms with E-state index in [1.165, 1.54) is 0 Å². The van der Waals surface area contributed by atoms with Crippen molar-refractivity contribution in [3.8, 4) is 0 Å². The molecule has 1 fully saturated rings. The van der Waals surface area contributed by atoms with Gasteiger partial charge in [0.25, 0.3) is 0 Å². The minimum absolute atomic E-state index is 0.236. The van der Waals surface area contributed by atoms with Gasteiger partial charge in [-0.3, -0.25) is 4.98 Å². The summed E-state index contributed by atoms with van der Waals surface area (Å²) in [4.78, 5) is 26.7. The van der Waals surface area contributed by atoms with Crippen molar-refractivity contribution < 1.29 is 9.53 Å². The maximum absolute atomic E-state index is 11.8. The van der Waals surface area contributed by atoms with Crippen molar-refractivity contribution in [2.75, 3.05) is 30.3 Å². The molecule has 0 saturated carbocycles. The van der Waals surface area contributed by atoms with Crippen molar-refractivity contribution in [2.24, 2.45) is 0 Å². The lowest BCUT2D eigenvalue weighted by Gasteiger charge is -2.32. The number of nitrogens with zero attached hydrogens (tertiary/aromatic N) is 4. The molecule has 0 aliphatic carbocycles. The highest BCUT2D eigenvalue weighted by Gasteiger charge is 2.24. The Labute approximate surface area is 166 Å². The van der Waals surface area contributed by atoms with Crippen molar-refractivity contribution in [3.05, 3.63) is 40.8 Å². The number of anilines is 2. The molecule has 144 valence electrons. The van der Waals surface area contributed by atoms with E-state index in [-0.39, 0.29) is 12.1 Å². The molecule has 0 bridgehead atoms. The molecule has 9 heteroatoms. The molecule has 1 saturated heterocycles. The number of amides is 1. The second-order valence-electron chi connectivity index (χ2n) is 6.17. The summed E-state index contributed by atoms with van der Waals surface area (Å²) in [5, 5.41) is 6.63. The lowest BCUT2D eigenvalue weighted by molar-refractivity contribution is 0.0983. The summed E-state index contributed by atoms with van der Waals surface area (Å²) in [6, 6.07) is 6.02. The summed E-state index contributed by atoms with van der Waals surface area (Å²) in [6.07, 6.45) is 4.93. The molecule has 0 spiro atoms. The lowest BCUT2D eigenvalue weighted by Crippen LogP contribution is -2.42. The van der Waals surface area contributed by atoms with Crippen molar-refractivity contribution in [3.63, 3.8) is 0 Å². The largest absolute Gasteiger partial charge is 0.450 e. The van der Waals surface area contributed by atoms with Crippen LogP contribution in [-0.2, 0) is 11.3 Å². The highest BCUT2D eigenvalue weighted by molar-refractivity contribution is 9.10. The van der Waals surface area contributed by atoms with Crippen LogP contribution in [0.4, 0.5) is 16.6 Å². The minimum atomic E-state index is -0.236. The highest BCUT2D eigenvalue weighted by Crippen LogP contribution is 2.24. The van der Waals surface area contributed by atoms with E-state index in [4.69, 9.17) is 4.74 Å². The summed E-state index contributed by atoms with van der Waals surface area (Å²) < 4.78 is 5.86. The molecule has 1 amide bonds. The van der Waals surface area contributed by atoms with Gasteiger partial charge in [-0.2, -0.15) is 4.98 Å². The van der Waals surface area contributed by atoms with Gasteiger partial charge in [0.2, 0.25) is 5.95 Å². The Hall–Kier alpha value is -2.42. The van der Waals surface area contributed by atoms with Crippen LogP contribution in [-0.4, -0.2) is 51.7 Å². The summed E-state index contributed by atoms with van der Waals surface area (Å²) in [5.41, 5.74) is 0.921. The quantitative estimate of drug-likeness (QED) is 0.720. The fourth-order valence-electron chi connectivity index (χ4n) is 2.84. The fraction of sp³-hybridized carbons (Fsp3) is 0.444. The molecular formula is C18H23BrN6O2. The fourth-order valence-corrected chi connectivity index (χ4v) is 3.15. The average molecular weight is 435 g/mol. The normalized spacial score (nSPS) is 14.7. The Morgan fingerprint density at radius 3 is 2.85 bits per heavy atom. The van der Waals surface area contributed by atoms with Gasteiger partial charge in [-0.1, -0.05) is 6.07 Å². The first-order valence-corrected chi connectivity index (χ1v) is 9.79. The minimum Gasteiger partial charge on any atom is -0.450 e. The predicted molar refractivity (Wildman–Crippen MR) is 107 cm³/mol. The van der Waals surface area contributed by atoms with Gasteiger partial charge in [0, 0.05) is 31.5 Å². The van der Waals surface area contributed by atoms with E-state index in [1.54, 1.807) is 17.3 Å². The van der Waals surface area contributed by atoms with E-state index < -0.39 is 0 Å². The van der Waals surface area contributed by atoms with E-state index in [0.717, 1.165) is 28.8 Å². The van der Waals surface area contributed by atoms with Crippen LogP contribution >= 0.6 is 15.9 Å². The number of hydrogen-bond acceptors (Lipinski definition) is 7. The van der Waals surface area contributed by atoms with Gasteiger partial charge in [0.05, 0.1) is 23.3 Å². The van der Waals surface area contributed by atoms with Crippen LogP contribution in [0, 0.1) is 0 Å². The number of nitrogens with one attached hydrogen (secondary N) is 2. The smallest absolute Gasteiger partial charge is 0.409 e. The zero-order chi connectivity index (χ0) is 19.1. The number of carbonyl (C=O) groups is 1.